The van der Waals surface area contributed by atoms with Crippen molar-refractivity contribution in [1.29, 1.82) is 10.5 Å². The van der Waals surface area contributed by atoms with Crippen LogP contribution in [0.15, 0.2) is 46.6 Å². The van der Waals surface area contributed by atoms with E-state index in [9.17, 15) is 22.0 Å². The van der Waals surface area contributed by atoms with Crippen LogP contribution in [0.2, 0.25) is 0 Å². The average Bonchev–Trinajstić information content (AvgIpc) is 2.57. The Kier molecular flexibility index (Phi) is 6.03. The zero-order valence-corrected chi connectivity index (χ0v) is 14.6. The van der Waals surface area contributed by atoms with Crippen molar-refractivity contribution in [3.63, 3.8) is 0 Å². The van der Waals surface area contributed by atoms with Crippen LogP contribution in [-0.2, 0) is 6.18 Å². The van der Waals surface area contributed by atoms with Crippen molar-refractivity contribution >= 4 is 21.6 Å². The van der Waals surface area contributed by atoms with Crippen LogP contribution in [0.1, 0.15) is 5.56 Å². The fourth-order valence-electron chi connectivity index (χ4n) is 1.89. The first-order valence-electron chi connectivity index (χ1n) is 6.95. The van der Waals surface area contributed by atoms with Crippen molar-refractivity contribution in [1.82, 2.24) is 0 Å². The smallest absolute Gasteiger partial charge is 0.416 e. The Morgan fingerprint density at radius 1 is 1.04 bits per heavy atom. The van der Waals surface area contributed by atoms with E-state index in [0.717, 1.165) is 6.20 Å². The molecule has 0 atom stereocenters. The molecule has 1 N–H and O–H groups in total. The summed E-state index contributed by atoms with van der Waals surface area (Å²) in [5.41, 5.74) is -1.42. The standard InChI is InChI=1S/C17H7BrF5N3O/c18-11-3-12(26-8-9(6-24)7-25)5-13(4-11)27-16-14(19)1-10(2-15(16)20)17(21,22)23/h1-5,8,26H. The third-order valence-corrected chi connectivity index (χ3v) is 3.50. The molecule has 0 aliphatic heterocycles. The molecule has 138 valence electrons. The van der Waals surface area contributed by atoms with E-state index in [4.69, 9.17) is 15.3 Å². The highest BCUT2D eigenvalue weighted by atomic mass is 79.9. The van der Waals surface area contributed by atoms with Crippen LogP contribution in [-0.4, -0.2) is 0 Å². The maximum Gasteiger partial charge on any atom is 0.416 e. The summed E-state index contributed by atoms with van der Waals surface area (Å²) in [6.07, 6.45) is -3.80. The number of nitrogens with one attached hydrogen (secondary N) is 1. The van der Waals surface area contributed by atoms with Crippen molar-refractivity contribution in [2.45, 2.75) is 6.18 Å². The molecule has 0 saturated carbocycles. The summed E-state index contributed by atoms with van der Waals surface area (Å²) >= 11 is 3.14. The second-order valence-electron chi connectivity index (χ2n) is 4.97. The molecule has 4 nitrogen and oxygen atoms in total. The molecular formula is C17H7BrF5N3O. The SMILES string of the molecule is N#CC(C#N)=CNc1cc(Br)cc(Oc2c(F)cc(C(F)(F)F)cc2F)c1. The second kappa shape index (κ2) is 8.06. The molecule has 2 rings (SSSR count). The molecule has 2 aromatic carbocycles. The third-order valence-electron chi connectivity index (χ3n) is 3.04. The van der Waals surface area contributed by atoms with Crippen LogP contribution in [0.4, 0.5) is 27.6 Å². The minimum atomic E-state index is -4.90. The summed E-state index contributed by atoms with van der Waals surface area (Å²) in [5, 5.41) is 20.0. The highest BCUT2D eigenvalue weighted by Gasteiger charge is 2.33. The lowest BCUT2D eigenvalue weighted by molar-refractivity contribution is -0.138. The number of hydrogen-bond donors (Lipinski definition) is 1. The molecule has 0 fully saturated rings. The van der Waals surface area contributed by atoms with Gasteiger partial charge in [-0.2, -0.15) is 23.7 Å². The van der Waals surface area contributed by atoms with Crippen molar-refractivity contribution in [2.75, 3.05) is 5.32 Å². The van der Waals surface area contributed by atoms with Gasteiger partial charge < -0.3 is 10.1 Å². The topological polar surface area (TPSA) is 68.8 Å². The number of hydrogen-bond acceptors (Lipinski definition) is 4. The Hall–Kier alpha value is -3.11. The van der Waals surface area contributed by atoms with E-state index < -0.39 is 29.1 Å². The van der Waals surface area contributed by atoms with Crippen LogP contribution < -0.4 is 10.1 Å². The van der Waals surface area contributed by atoms with Gasteiger partial charge >= 0.3 is 6.18 Å². The molecule has 0 spiro atoms. The maximum absolute atomic E-state index is 13.9. The molecule has 0 bridgehead atoms. The summed E-state index contributed by atoms with van der Waals surface area (Å²) in [5.74, 6) is -4.15. The molecule has 27 heavy (non-hydrogen) atoms. The highest BCUT2D eigenvalue weighted by Crippen LogP contribution is 2.36. The number of alkyl halides is 3. The van der Waals surface area contributed by atoms with Gasteiger partial charge in [0.25, 0.3) is 0 Å². The van der Waals surface area contributed by atoms with Crippen LogP contribution in [0, 0.1) is 34.3 Å². The van der Waals surface area contributed by atoms with Gasteiger partial charge in [0.2, 0.25) is 0 Å². The lowest BCUT2D eigenvalue weighted by atomic mass is 10.2. The molecule has 0 aliphatic rings. The van der Waals surface area contributed by atoms with E-state index in [1.54, 1.807) is 12.1 Å². The van der Waals surface area contributed by atoms with E-state index in [-0.39, 0.29) is 29.1 Å². The van der Waals surface area contributed by atoms with Gasteiger partial charge in [-0.15, -0.1) is 0 Å². The van der Waals surface area contributed by atoms with Gasteiger partial charge in [0.15, 0.2) is 17.4 Å². The van der Waals surface area contributed by atoms with Crippen molar-refractivity contribution in [3.8, 4) is 23.6 Å². The lowest BCUT2D eigenvalue weighted by Gasteiger charge is -2.13. The fourth-order valence-corrected chi connectivity index (χ4v) is 2.36. The first kappa shape index (κ1) is 20.2. The van der Waals surface area contributed by atoms with Gasteiger partial charge in [-0.05, 0) is 24.3 Å². The van der Waals surface area contributed by atoms with Crippen molar-refractivity contribution in [2.24, 2.45) is 0 Å². The molecular weight excluding hydrogens is 437 g/mol. The number of benzene rings is 2. The summed E-state index contributed by atoms with van der Waals surface area (Å²) in [6.45, 7) is 0. The number of nitrogens with zero attached hydrogens (tertiary/aromatic N) is 2. The van der Waals surface area contributed by atoms with Gasteiger partial charge in [-0.1, -0.05) is 15.9 Å². The molecule has 10 heteroatoms. The van der Waals surface area contributed by atoms with E-state index >= 15 is 0 Å². The predicted octanol–water partition coefficient (Wildman–Crippen LogP) is 5.88. The van der Waals surface area contributed by atoms with E-state index in [0.29, 0.717) is 4.47 Å². The van der Waals surface area contributed by atoms with Crippen LogP contribution in [0.5, 0.6) is 11.5 Å². The van der Waals surface area contributed by atoms with E-state index in [1.807, 2.05) is 0 Å². The Morgan fingerprint density at radius 2 is 1.63 bits per heavy atom. The number of halogens is 6. The summed E-state index contributed by atoms with van der Waals surface area (Å²) < 4.78 is 71.0. The van der Waals surface area contributed by atoms with Crippen molar-refractivity contribution in [3.05, 3.63) is 63.8 Å². The Balaban J connectivity index is 2.35. The monoisotopic (exact) mass is 443 g/mol. The molecule has 0 aromatic heterocycles. The first-order valence-corrected chi connectivity index (χ1v) is 7.75. The van der Waals surface area contributed by atoms with Gasteiger partial charge in [-0.3, -0.25) is 0 Å². The van der Waals surface area contributed by atoms with E-state index in [2.05, 4.69) is 21.2 Å². The minimum absolute atomic E-state index is 0.103. The molecule has 0 saturated heterocycles. The zero-order valence-electron chi connectivity index (χ0n) is 13.0. The summed E-state index contributed by atoms with van der Waals surface area (Å²) in [7, 11) is 0. The van der Waals surface area contributed by atoms with Crippen LogP contribution >= 0.6 is 15.9 Å². The van der Waals surface area contributed by atoms with Crippen LogP contribution in [0.3, 0.4) is 0 Å². The summed E-state index contributed by atoms with van der Waals surface area (Å²) in [4.78, 5) is 0. The molecule has 0 aliphatic carbocycles. The van der Waals surface area contributed by atoms with Crippen LogP contribution in [0.25, 0.3) is 0 Å². The quantitative estimate of drug-likeness (QED) is 0.473. The molecule has 2 aromatic rings. The Labute approximate surface area is 158 Å². The molecule has 0 radical (unpaired) electrons. The summed E-state index contributed by atoms with van der Waals surface area (Å²) in [6, 6.07) is 7.61. The van der Waals surface area contributed by atoms with E-state index in [1.165, 1.54) is 18.2 Å². The largest absolute Gasteiger partial charge is 0.451 e. The Morgan fingerprint density at radius 3 is 2.15 bits per heavy atom. The zero-order chi connectivity index (χ0) is 20.2. The third kappa shape index (κ3) is 5.19. The molecule has 0 amide bonds. The maximum atomic E-state index is 13.9. The molecule has 0 unspecified atom stereocenters. The number of anilines is 1. The number of allylic oxidation sites excluding steroid dienone is 1. The highest BCUT2D eigenvalue weighted by molar-refractivity contribution is 9.10. The fraction of sp³-hybridized carbons (Fsp3) is 0.0588. The van der Waals surface area contributed by atoms with Gasteiger partial charge in [0, 0.05) is 22.4 Å². The molecule has 0 heterocycles. The van der Waals surface area contributed by atoms with Crippen molar-refractivity contribution < 1.29 is 26.7 Å². The average molecular weight is 444 g/mol. The van der Waals surface area contributed by atoms with Gasteiger partial charge in [-0.25, -0.2) is 8.78 Å². The lowest BCUT2D eigenvalue weighted by Crippen LogP contribution is -2.07. The first-order chi connectivity index (χ1) is 12.6. The number of nitriles is 2. The predicted molar refractivity (Wildman–Crippen MR) is 88.5 cm³/mol. The number of rotatable bonds is 4. The Bertz CT molecular complexity index is 951. The second-order valence-corrected chi connectivity index (χ2v) is 5.89. The minimum Gasteiger partial charge on any atom is -0.451 e. The van der Waals surface area contributed by atoms with Gasteiger partial charge in [0.1, 0.15) is 23.5 Å². The number of ether oxygens (including phenoxy) is 1. The van der Waals surface area contributed by atoms with Gasteiger partial charge in [0.05, 0.1) is 5.56 Å². The normalized spacial score (nSPS) is 10.5.